The topological polar surface area (TPSA) is 42.2 Å². The van der Waals surface area contributed by atoms with Crippen LogP contribution in [0.3, 0.4) is 0 Å². The van der Waals surface area contributed by atoms with Crippen LogP contribution in [0, 0.1) is 11.3 Å². The maximum absolute atomic E-state index is 9.34. The lowest BCUT2D eigenvalue weighted by molar-refractivity contribution is 0.00578. The molecule has 1 heterocycles. The predicted octanol–water partition coefficient (Wildman–Crippen LogP) is 4.68. The summed E-state index contributed by atoms with van der Waals surface area (Å²) in [5.41, 5.74) is 2.87. The normalized spacial score (nSPS) is 17.8. The second-order valence-electron chi connectivity index (χ2n) is 8.03. The molecule has 0 saturated carbocycles. The number of rotatable bonds is 2. The molecular formula is C23H22BNO2. The van der Waals surface area contributed by atoms with Gasteiger partial charge in [-0.1, -0.05) is 48.5 Å². The monoisotopic (exact) mass is 355 g/mol. The van der Waals surface area contributed by atoms with Crippen LogP contribution in [-0.4, -0.2) is 18.3 Å². The first-order valence-corrected chi connectivity index (χ1v) is 9.20. The number of nitrogens with zero attached hydrogens (tertiary/aromatic N) is 1. The van der Waals surface area contributed by atoms with Gasteiger partial charge >= 0.3 is 7.12 Å². The smallest absolute Gasteiger partial charge is 0.399 e. The van der Waals surface area contributed by atoms with Gasteiger partial charge in [-0.3, -0.25) is 0 Å². The largest absolute Gasteiger partial charge is 0.495 e. The van der Waals surface area contributed by atoms with Crippen molar-refractivity contribution in [3.63, 3.8) is 0 Å². The summed E-state index contributed by atoms with van der Waals surface area (Å²) in [7, 11) is -0.458. The summed E-state index contributed by atoms with van der Waals surface area (Å²) in [4.78, 5) is 0. The second-order valence-corrected chi connectivity index (χ2v) is 8.03. The van der Waals surface area contributed by atoms with Crippen LogP contribution in [0.4, 0.5) is 0 Å². The average molecular weight is 355 g/mol. The van der Waals surface area contributed by atoms with E-state index in [4.69, 9.17) is 9.31 Å². The van der Waals surface area contributed by atoms with Crippen molar-refractivity contribution in [3.8, 4) is 17.2 Å². The second kappa shape index (κ2) is 6.23. The highest BCUT2D eigenvalue weighted by Crippen LogP contribution is 2.38. The first kappa shape index (κ1) is 17.8. The molecule has 27 heavy (non-hydrogen) atoms. The summed E-state index contributed by atoms with van der Waals surface area (Å²) >= 11 is 0. The molecule has 0 bridgehead atoms. The molecule has 3 nitrogen and oxygen atoms in total. The molecule has 3 aromatic rings. The van der Waals surface area contributed by atoms with Gasteiger partial charge in [0.25, 0.3) is 0 Å². The Bertz CT molecular complexity index is 1050. The lowest BCUT2D eigenvalue weighted by Crippen LogP contribution is -2.41. The number of nitriles is 1. The maximum atomic E-state index is 9.34. The van der Waals surface area contributed by atoms with Crippen LogP contribution in [0.1, 0.15) is 33.3 Å². The van der Waals surface area contributed by atoms with E-state index in [0.717, 1.165) is 27.4 Å². The Morgan fingerprint density at radius 3 is 2.26 bits per heavy atom. The van der Waals surface area contributed by atoms with Gasteiger partial charge in [-0.2, -0.15) is 5.26 Å². The third-order valence-corrected chi connectivity index (χ3v) is 5.75. The van der Waals surface area contributed by atoms with Gasteiger partial charge in [-0.05, 0) is 67.2 Å². The highest BCUT2D eigenvalue weighted by molar-refractivity contribution is 6.64. The lowest BCUT2D eigenvalue weighted by atomic mass is 9.73. The van der Waals surface area contributed by atoms with Crippen LogP contribution in [0.2, 0.25) is 0 Å². The van der Waals surface area contributed by atoms with Crippen molar-refractivity contribution in [1.82, 2.24) is 0 Å². The summed E-state index contributed by atoms with van der Waals surface area (Å²) in [5, 5.41) is 11.6. The lowest BCUT2D eigenvalue weighted by Gasteiger charge is -2.32. The van der Waals surface area contributed by atoms with Crippen LogP contribution in [0.25, 0.3) is 21.9 Å². The molecule has 0 atom stereocenters. The van der Waals surface area contributed by atoms with Crippen molar-refractivity contribution in [1.29, 1.82) is 5.26 Å². The minimum Gasteiger partial charge on any atom is -0.399 e. The van der Waals surface area contributed by atoms with E-state index in [1.165, 1.54) is 0 Å². The number of hydrogen-bond acceptors (Lipinski definition) is 3. The molecule has 134 valence electrons. The van der Waals surface area contributed by atoms with E-state index in [9.17, 15) is 5.26 Å². The van der Waals surface area contributed by atoms with Crippen molar-refractivity contribution in [2.45, 2.75) is 38.9 Å². The third-order valence-electron chi connectivity index (χ3n) is 5.75. The Kier molecular flexibility index (Phi) is 4.11. The van der Waals surface area contributed by atoms with Crippen molar-refractivity contribution in [2.24, 2.45) is 0 Å². The van der Waals surface area contributed by atoms with Crippen LogP contribution in [-0.2, 0) is 9.31 Å². The molecule has 0 aromatic heterocycles. The van der Waals surface area contributed by atoms with Gasteiger partial charge in [-0.15, -0.1) is 0 Å². The van der Waals surface area contributed by atoms with E-state index < -0.39 is 18.3 Å². The van der Waals surface area contributed by atoms with Gasteiger partial charge in [0.1, 0.15) is 0 Å². The van der Waals surface area contributed by atoms with Crippen LogP contribution >= 0.6 is 0 Å². The number of benzene rings is 3. The highest BCUT2D eigenvalue weighted by Gasteiger charge is 2.52. The average Bonchev–Trinajstić information content (AvgIpc) is 2.88. The van der Waals surface area contributed by atoms with Crippen molar-refractivity contribution in [3.05, 3.63) is 66.2 Å². The van der Waals surface area contributed by atoms with Crippen LogP contribution < -0.4 is 5.46 Å². The molecule has 0 amide bonds. The fourth-order valence-corrected chi connectivity index (χ4v) is 3.52. The minimum atomic E-state index is -0.458. The van der Waals surface area contributed by atoms with Crippen molar-refractivity contribution in [2.75, 3.05) is 0 Å². The molecule has 1 aliphatic rings. The third kappa shape index (κ3) is 2.94. The van der Waals surface area contributed by atoms with Gasteiger partial charge in [0, 0.05) is 0 Å². The molecule has 1 fully saturated rings. The van der Waals surface area contributed by atoms with E-state index in [2.05, 4.69) is 58.0 Å². The first-order chi connectivity index (χ1) is 12.8. The molecule has 0 aliphatic carbocycles. The summed E-state index contributed by atoms with van der Waals surface area (Å²) in [6.45, 7) is 8.24. The standard InChI is InChI=1S/C23H22BNO2/c1-22(2)23(3,4)27-24(26-22)20-13-12-17-9-5-6-11-19(17)21(20)18-10-7-8-16(14-18)15-25/h5-14H,1-4H3. The van der Waals surface area contributed by atoms with Gasteiger partial charge in [0.05, 0.1) is 22.8 Å². The molecule has 0 N–H and O–H groups in total. The van der Waals surface area contributed by atoms with Gasteiger partial charge in [-0.25, -0.2) is 0 Å². The van der Waals surface area contributed by atoms with E-state index in [0.29, 0.717) is 5.56 Å². The summed E-state index contributed by atoms with van der Waals surface area (Å²) < 4.78 is 12.7. The molecule has 0 unspecified atom stereocenters. The zero-order chi connectivity index (χ0) is 19.2. The predicted molar refractivity (Wildman–Crippen MR) is 110 cm³/mol. The summed E-state index contributed by atoms with van der Waals surface area (Å²) in [6, 6.07) is 22.4. The Hall–Kier alpha value is -2.61. The molecule has 3 aromatic carbocycles. The van der Waals surface area contributed by atoms with E-state index in [1.54, 1.807) is 0 Å². The van der Waals surface area contributed by atoms with E-state index in [1.807, 2.05) is 36.4 Å². The number of hydrogen-bond donors (Lipinski definition) is 0. The molecule has 4 rings (SSSR count). The first-order valence-electron chi connectivity index (χ1n) is 9.20. The van der Waals surface area contributed by atoms with Gasteiger partial charge < -0.3 is 9.31 Å². The maximum Gasteiger partial charge on any atom is 0.495 e. The Morgan fingerprint density at radius 2 is 1.56 bits per heavy atom. The Morgan fingerprint density at radius 1 is 0.852 bits per heavy atom. The fourth-order valence-electron chi connectivity index (χ4n) is 3.52. The number of fused-ring (bicyclic) bond motifs is 1. The summed E-state index contributed by atoms with van der Waals surface area (Å²) in [6.07, 6.45) is 0. The van der Waals surface area contributed by atoms with Gasteiger partial charge in [0.2, 0.25) is 0 Å². The fraction of sp³-hybridized carbons (Fsp3) is 0.261. The molecule has 4 heteroatoms. The molecule has 0 spiro atoms. The van der Waals surface area contributed by atoms with Crippen LogP contribution in [0.5, 0.6) is 0 Å². The zero-order valence-electron chi connectivity index (χ0n) is 16.1. The van der Waals surface area contributed by atoms with Gasteiger partial charge in [0.15, 0.2) is 0 Å². The minimum absolute atomic E-state index is 0.408. The summed E-state index contributed by atoms with van der Waals surface area (Å²) in [5.74, 6) is 0. The molecule has 1 aliphatic heterocycles. The van der Waals surface area contributed by atoms with Crippen molar-refractivity contribution >= 4 is 23.4 Å². The van der Waals surface area contributed by atoms with Crippen LogP contribution in [0.15, 0.2) is 60.7 Å². The van der Waals surface area contributed by atoms with E-state index >= 15 is 0 Å². The molecule has 0 radical (unpaired) electrons. The SMILES string of the molecule is CC1(C)OB(c2ccc3ccccc3c2-c2cccc(C#N)c2)OC1(C)C. The Labute approximate surface area is 160 Å². The van der Waals surface area contributed by atoms with Crippen molar-refractivity contribution < 1.29 is 9.31 Å². The molecular weight excluding hydrogens is 333 g/mol. The Balaban J connectivity index is 1.96. The highest BCUT2D eigenvalue weighted by atomic mass is 16.7. The molecule has 1 saturated heterocycles. The van der Waals surface area contributed by atoms with E-state index in [-0.39, 0.29) is 0 Å². The quantitative estimate of drug-likeness (QED) is 0.627. The zero-order valence-corrected chi connectivity index (χ0v) is 16.1.